The van der Waals surface area contributed by atoms with Crippen molar-refractivity contribution in [2.24, 2.45) is 5.10 Å². The van der Waals surface area contributed by atoms with Crippen LogP contribution in [0.5, 0.6) is 5.75 Å². The molecule has 0 saturated heterocycles. The minimum Gasteiger partial charge on any atom is -0.423 e. The monoisotopic (exact) mass is 641 g/mol. The standard InChI is InChI=1S/C21H14Br2IN3O3/c22-13-9-16(19(25)17(23)10-13)20(28)27-26-11-12-5-7-14(8-6-12)30-21(29)15-3-1-2-4-18(15)24/h1-11H,25H2,(H,27,28)/b26-11+. The van der Waals surface area contributed by atoms with Crippen LogP contribution in [0.15, 0.2) is 74.7 Å². The van der Waals surface area contributed by atoms with E-state index in [0.29, 0.717) is 37.1 Å². The highest BCUT2D eigenvalue weighted by Crippen LogP contribution is 2.28. The Bertz CT molecular complexity index is 1130. The molecule has 0 saturated carbocycles. The molecule has 3 aromatic rings. The third kappa shape index (κ3) is 5.67. The molecule has 0 aromatic heterocycles. The Kier molecular flexibility index (Phi) is 7.62. The van der Waals surface area contributed by atoms with Gasteiger partial charge in [0, 0.05) is 12.5 Å². The Hall–Kier alpha value is -2.24. The zero-order valence-electron chi connectivity index (χ0n) is 15.2. The lowest BCUT2D eigenvalue weighted by molar-refractivity contribution is 0.0733. The Morgan fingerprint density at radius 2 is 1.73 bits per heavy atom. The minimum atomic E-state index is -0.436. The van der Waals surface area contributed by atoms with Gasteiger partial charge in [0.05, 0.1) is 23.0 Å². The van der Waals surface area contributed by atoms with Crippen LogP contribution in [0.2, 0.25) is 0 Å². The maximum atomic E-state index is 12.3. The second-order valence-electron chi connectivity index (χ2n) is 5.99. The number of halogens is 3. The topological polar surface area (TPSA) is 93.8 Å². The highest BCUT2D eigenvalue weighted by molar-refractivity contribution is 14.1. The quantitative estimate of drug-likeness (QED) is 0.0976. The summed E-state index contributed by atoms with van der Waals surface area (Å²) in [6.45, 7) is 0. The third-order valence-corrected chi connectivity index (χ3v) is 5.96. The number of esters is 1. The molecule has 0 unspecified atom stereocenters. The van der Waals surface area contributed by atoms with Crippen molar-refractivity contribution in [1.29, 1.82) is 0 Å². The molecule has 3 aromatic carbocycles. The Morgan fingerprint density at radius 3 is 2.43 bits per heavy atom. The number of amides is 1. The molecule has 3 N–H and O–H groups in total. The molecule has 0 radical (unpaired) electrons. The van der Waals surface area contributed by atoms with Gasteiger partial charge in [0.2, 0.25) is 0 Å². The molecule has 152 valence electrons. The van der Waals surface area contributed by atoms with E-state index in [9.17, 15) is 9.59 Å². The Morgan fingerprint density at radius 1 is 1.03 bits per heavy atom. The van der Waals surface area contributed by atoms with Crippen molar-refractivity contribution in [1.82, 2.24) is 5.43 Å². The van der Waals surface area contributed by atoms with Gasteiger partial charge in [-0.3, -0.25) is 4.79 Å². The molecule has 0 aliphatic rings. The fourth-order valence-electron chi connectivity index (χ4n) is 2.41. The number of carbonyl (C=O) groups excluding carboxylic acids is 2. The van der Waals surface area contributed by atoms with Crippen molar-refractivity contribution in [3.63, 3.8) is 0 Å². The first-order chi connectivity index (χ1) is 14.3. The van der Waals surface area contributed by atoms with Crippen LogP contribution >= 0.6 is 54.5 Å². The van der Waals surface area contributed by atoms with E-state index in [2.05, 4.69) is 65.0 Å². The van der Waals surface area contributed by atoms with Gasteiger partial charge in [-0.25, -0.2) is 10.2 Å². The number of hydrogen-bond acceptors (Lipinski definition) is 5. The van der Waals surface area contributed by atoms with Gasteiger partial charge in [0.1, 0.15) is 5.75 Å². The number of hydrogen-bond donors (Lipinski definition) is 2. The van der Waals surface area contributed by atoms with Crippen LogP contribution in [0.4, 0.5) is 5.69 Å². The lowest BCUT2D eigenvalue weighted by Gasteiger charge is -2.07. The van der Waals surface area contributed by atoms with Crippen LogP contribution in [0.1, 0.15) is 26.3 Å². The van der Waals surface area contributed by atoms with E-state index in [1.165, 1.54) is 6.21 Å². The molecule has 0 fully saturated rings. The Labute approximate surface area is 203 Å². The van der Waals surface area contributed by atoms with Crippen molar-refractivity contribution in [2.75, 3.05) is 5.73 Å². The van der Waals surface area contributed by atoms with E-state index in [-0.39, 0.29) is 0 Å². The molecule has 0 atom stereocenters. The van der Waals surface area contributed by atoms with Crippen LogP contribution in [-0.2, 0) is 0 Å². The molecule has 0 aliphatic heterocycles. The van der Waals surface area contributed by atoms with Crippen LogP contribution in [0.3, 0.4) is 0 Å². The smallest absolute Gasteiger partial charge is 0.344 e. The SMILES string of the molecule is Nc1c(Br)cc(Br)cc1C(=O)N/N=C/c1ccc(OC(=O)c2ccccc2I)cc1. The first-order valence-corrected chi connectivity index (χ1v) is 11.2. The summed E-state index contributed by atoms with van der Waals surface area (Å²) in [4.78, 5) is 24.6. The largest absolute Gasteiger partial charge is 0.423 e. The summed E-state index contributed by atoms with van der Waals surface area (Å²) in [5.74, 6) is -0.451. The van der Waals surface area contributed by atoms with Gasteiger partial charge in [-0.1, -0.05) is 28.1 Å². The number of nitrogen functional groups attached to an aromatic ring is 1. The van der Waals surface area contributed by atoms with Crippen LogP contribution < -0.4 is 15.9 Å². The maximum Gasteiger partial charge on any atom is 0.344 e. The zero-order valence-corrected chi connectivity index (χ0v) is 20.6. The van der Waals surface area contributed by atoms with E-state index < -0.39 is 11.9 Å². The number of carbonyl (C=O) groups is 2. The van der Waals surface area contributed by atoms with E-state index >= 15 is 0 Å². The first kappa shape index (κ1) is 22.4. The molecule has 6 nitrogen and oxygen atoms in total. The second kappa shape index (κ2) is 10.2. The average Bonchev–Trinajstić information content (AvgIpc) is 2.72. The summed E-state index contributed by atoms with van der Waals surface area (Å²) in [7, 11) is 0. The van der Waals surface area contributed by atoms with Gasteiger partial charge in [0.15, 0.2) is 0 Å². The summed E-state index contributed by atoms with van der Waals surface area (Å²) >= 11 is 8.71. The predicted molar refractivity (Wildman–Crippen MR) is 132 cm³/mol. The maximum absolute atomic E-state index is 12.3. The molecule has 1 amide bonds. The van der Waals surface area contributed by atoms with Gasteiger partial charge >= 0.3 is 5.97 Å². The molecule has 0 bridgehead atoms. The average molecular weight is 643 g/mol. The normalized spacial score (nSPS) is 10.8. The molecular formula is C21H14Br2IN3O3. The number of benzene rings is 3. The van der Waals surface area contributed by atoms with Gasteiger partial charge < -0.3 is 10.5 Å². The molecular weight excluding hydrogens is 629 g/mol. The fourth-order valence-corrected chi connectivity index (χ4v) is 4.24. The molecule has 30 heavy (non-hydrogen) atoms. The molecule has 0 spiro atoms. The van der Waals surface area contributed by atoms with Crippen molar-refractivity contribution >= 4 is 78.2 Å². The van der Waals surface area contributed by atoms with Crippen LogP contribution in [0.25, 0.3) is 0 Å². The van der Waals surface area contributed by atoms with Gasteiger partial charge in [-0.2, -0.15) is 5.10 Å². The number of rotatable bonds is 5. The number of ether oxygens (including phenoxy) is 1. The van der Waals surface area contributed by atoms with E-state index in [1.54, 1.807) is 48.5 Å². The molecule has 0 aliphatic carbocycles. The molecule has 9 heteroatoms. The zero-order chi connectivity index (χ0) is 21.7. The second-order valence-corrected chi connectivity index (χ2v) is 8.92. The molecule has 3 rings (SSSR count). The lowest BCUT2D eigenvalue weighted by Crippen LogP contribution is -2.19. The number of hydrazone groups is 1. The summed E-state index contributed by atoms with van der Waals surface area (Å²) in [5.41, 5.74) is 10.2. The van der Waals surface area contributed by atoms with Crippen molar-refractivity contribution in [2.45, 2.75) is 0 Å². The number of anilines is 1. The minimum absolute atomic E-state index is 0.297. The van der Waals surface area contributed by atoms with E-state index in [0.717, 1.165) is 3.57 Å². The fraction of sp³-hybridized carbons (Fsp3) is 0. The summed E-state index contributed by atoms with van der Waals surface area (Å²) in [6.07, 6.45) is 1.48. The summed E-state index contributed by atoms with van der Waals surface area (Å²) in [5, 5.41) is 3.95. The molecule has 0 heterocycles. The first-order valence-electron chi connectivity index (χ1n) is 8.50. The number of nitrogens with zero attached hydrogens (tertiary/aromatic N) is 1. The van der Waals surface area contributed by atoms with E-state index in [1.807, 2.05) is 12.1 Å². The van der Waals surface area contributed by atoms with Crippen molar-refractivity contribution < 1.29 is 14.3 Å². The van der Waals surface area contributed by atoms with Crippen LogP contribution in [-0.4, -0.2) is 18.1 Å². The highest BCUT2D eigenvalue weighted by atomic mass is 127. The van der Waals surface area contributed by atoms with Crippen LogP contribution in [0, 0.1) is 3.57 Å². The summed E-state index contributed by atoms with van der Waals surface area (Å²) in [6, 6.07) is 17.3. The summed E-state index contributed by atoms with van der Waals surface area (Å²) < 4.78 is 7.54. The van der Waals surface area contributed by atoms with Crippen molar-refractivity contribution in [3.8, 4) is 5.75 Å². The van der Waals surface area contributed by atoms with E-state index in [4.69, 9.17) is 10.5 Å². The van der Waals surface area contributed by atoms with Gasteiger partial charge in [-0.15, -0.1) is 0 Å². The number of nitrogens with one attached hydrogen (secondary N) is 1. The highest BCUT2D eigenvalue weighted by Gasteiger charge is 2.13. The predicted octanol–water partition coefficient (Wildman–Crippen LogP) is 5.38. The third-order valence-electron chi connectivity index (χ3n) is 3.90. The Balaban J connectivity index is 1.62. The van der Waals surface area contributed by atoms with Gasteiger partial charge in [-0.05, 0) is 92.6 Å². The van der Waals surface area contributed by atoms with Crippen molar-refractivity contribution in [3.05, 3.63) is 89.9 Å². The van der Waals surface area contributed by atoms with Gasteiger partial charge in [0.25, 0.3) is 5.91 Å². The number of nitrogens with two attached hydrogens (primary N) is 1. The lowest BCUT2D eigenvalue weighted by atomic mass is 10.2.